The smallest absolute Gasteiger partial charge is 0.132 e. The lowest BCUT2D eigenvalue weighted by atomic mass is 10.1. The lowest BCUT2D eigenvalue weighted by Gasteiger charge is -2.07. The van der Waals surface area contributed by atoms with Gasteiger partial charge in [0.25, 0.3) is 0 Å². The molecule has 0 saturated heterocycles. The molecule has 0 bridgehead atoms. The first-order chi connectivity index (χ1) is 8.60. The van der Waals surface area contributed by atoms with Gasteiger partial charge in [-0.2, -0.15) is 5.26 Å². The molecule has 0 spiro atoms. The fourth-order valence-electron chi connectivity index (χ4n) is 1.48. The minimum Gasteiger partial charge on any atom is -0.263 e. The summed E-state index contributed by atoms with van der Waals surface area (Å²) in [4.78, 5) is 12.8. The lowest BCUT2D eigenvalue weighted by molar-refractivity contribution is 0.771. The van der Waals surface area contributed by atoms with Crippen LogP contribution in [-0.4, -0.2) is 15.0 Å². The van der Waals surface area contributed by atoms with Crippen LogP contribution in [0.1, 0.15) is 31.2 Å². The normalized spacial score (nSPS) is 10.4. The van der Waals surface area contributed by atoms with Gasteiger partial charge >= 0.3 is 0 Å². The van der Waals surface area contributed by atoms with Crippen LogP contribution in [-0.2, 0) is 0 Å². The van der Waals surface area contributed by atoms with Gasteiger partial charge in [0.1, 0.15) is 16.5 Å². The van der Waals surface area contributed by atoms with Gasteiger partial charge in [-0.15, -0.1) is 0 Å². The van der Waals surface area contributed by atoms with E-state index in [-0.39, 0.29) is 5.92 Å². The van der Waals surface area contributed by atoms with Crippen LogP contribution in [0.5, 0.6) is 0 Å². The number of hydrogen-bond donors (Lipinski definition) is 0. The standard InChI is InChI=1S/C13H11BrN4/c1-8(2)13-17-11(4-12(14)18-13)10-3-9(5-15)6-16-7-10/h3-4,6-8H,1-2H3. The second-order valence-electron chi connectivity index (χ2n) is 4.16. The maximum Gasteiger partial charge on any atom is 0.132 e. The topological polar surface area (TPSA) is 62.5 Å². The minimum absolute atomic E-state index is 0.244. The molecular weight excluding hydrogens is 292 g/mol. The first-order valence-electron chi connectivity index (χ1n) is 5.50. The second-order valence-corrected chi connectivity index (χ2v) is 4.98. The summed E-state index contributed by atoms with van der Waals surface area (Å²) in [7, 11) is 0. The molecule has 2 aromatic heterocycles. The van der Waals surface area contributed by atoms with Crippen molar-refractivity contribution >= 4 is 15.9 Å². The molecule has 0 N–H and O–H groups in total. The molecule has 0 fully saturated rings. The van der Waals surface area contributed by atoms with Gasteiger partial charge in [-0.3, -0.25) is 4.98 Å². The fourth-order valence-corrected chi connectivity index (χ4v) is 1.88. The molecule has 0 aliphatic carbocycles. The number of nitriles is 1. The SMILES string of the molecule is CC(C)c1nc(Br)cc(-c2cncc(C#N)c2)n1. The molecule has 0 unspecified atom stereocenters. The van der Waals surface area contributed by atoms with Crippen LogP contribution in [0.3, 0.4) is 0 Å². The number of rotatable bonds is 2. The van der Waals surface area contributed by atoms with Gasteiger partial charge in [-0.05, 0) is 28.1 Å². The van der Waals surface area contributed by atoms with Crippen LogP contribution in [0.25, 0.3) is 11.3 Å². The molecule has 90 valence electrons. The Labute approximate surface area is 114 Å². The number of hydrogen-bond acceptors (Lipinski definition) is 4. The molecule has 0 aliphatic rings. The Balaban J connectivity index is 2.53. The van der Waals surface area contributed by atoms with E-state index in [9.17, 15) is 0 Å². The number of nitrogens with zero attached hydrogens (tertiary/aromatic N) is 4. The molecule has 2 aromatic rings. The highest BCUT2D eigenvalue weighted by molar-refractivity contribution is 9.10. The van der Waals surface area contributed by atoms with Gasteiger partial charge in [0.2, 0.25) is 0 Å². The predicted molar refractivity (Wildman–Crippen MR) is 71.8 cm³/mol. The summed E-state index contributed by atoms with van der Waals surface area (Å²) in [6, 6.07) is 5.66. The van der Waals surface area contributed by atoms with Crippen LogP contribution in [0.2, 0.25) is 0 Å². The molecule has 0 aromatic carbocycles. The summed E-state index contributed by atoms with van der Waals surface area (Å²) in [6.07, 6.45) is 3.23. The van der Waals surface area contributed by atoms with Gasteiger partial charge in [0.15, 0.2) is 0 Å². The Hall–Kier alpha value is -1.80. The molecular formula is C13H11BrN4. The van der Waals surface area contributed by atoms with E-state index in [2.05, 4.69) is 37.0 Å². The molecule has 0 atom stereocenters. The van der Waals surface area contributed by atoms with Crippen LogP contribution in [0.4, 0.5) is 0 Å². The highest BCUT2D eigenvalue weighted by Crippen LogP contribution is 2.22. The van der Waals surface area contributed by atoms with E-state index in [1.807, 2.05) is 19.9 Å². The quantitative estimate of drug-likeness (QED) is 0.799. The molecule has 0 radical (unpaired) electrons. The molecule has 5 heteroatoms. The van der Waals surface area contributed by atoms with Crippen molar-refractivity contribution in [2.75, 3.05) is 0 Å². The largest absolute Gasteiger partial charge is 0.263 e. The first-order valence-corrected chi connectivity index (χ1v) is 6.29. The van der Waals surface area contributed by atoms with Crippen molar-refractivity contribution in [2.45, 2.75) is 19.8 Å². The Morgan fingerprint density at radius 2 is 2.00 bits per heavy atom. The third kappa shape index (κ3) is 2.71. The third-order valence-electron chi connectivity index (χ3n) is 2.39. The zero-order chi connectivity index (χ0) is 13.1. The molecule has 18 heavy (non-hydrogen) atoms. The Bertz CT molecular complexity index is 617. The zero-order valence-electron chi connectivity index (χ0n) is 10.1. The van der Waals surface area contributed by atoms with E-state index in [0.717, 1.165) is 21.7 Å². The number of halogens is 1. The van der Waals surface area contributed by atoms with Crippen molar-refractivity contribution in [3.8, 4) is 17.3 Å². The van der Waals surface area contributed by atoms with E-state index in [1.54, 1.807) is 12.3 Å². The first kappa shape index (κ1) is 12.7. The third-order valence-corrected chi connectivity index (χ3v) is 2.80. The molecule has 2 heterocycles. The van der Waals surface area contributed by atoms with Crippen molar-refractivity contribution in [3.05, 3.63) is 40.5 Å². The Morgan fingerprint density at radius 1 is 1.22 bits per heavy atom. The summed E-state index contributed by atoms with van der Waals surface area (Å²) in [5, 5.41) is 8.87. The van der Waals surface area contributed by atoms with Crippen LogP contribution in [0.15, 0.2) is 29.1 Å². The maximum atomic E-state index is 8.87. The van der Waals surface area contributed by atoms with E-state index in [0.29, 0.717) is 5.56 Å². The van der Waals surface area contributed by atoms with Gasteiger partial charge in [0, 0.05) is 23.9 Å². The van der Waals surface area contributed by atoms with Gasteiger partial charge in [-0.1, -0.05) is 13.8 Å². The van der Waals surface area contributed by atoms with Crippen LogP contribution in [0, 0.1) is 11.3 Å². The van der Waals surface area contributed by atoms with Crippen molar-refractivity contribution in [1.82, 2.24) is 15.0 Å². The summed E-state index contributed by atoms with van der Waals surface area (Å²) in [5.41, 5.74) is 2.11. The number of aromatic nitrogens is 3. The lowest BCUT2D eigenvalue weighted by Crippen LogP contribution is -1.99. The molecule has 4 nitrogen and oxygen atoms in total. The second kappa shape index (κ2) is 5.23. The maximum absolute atomic E-state index is 8.87. The van der Waals surface area contributed by atoms with Crippen molar-refractivity contribution < 1.29 is 0 Å². The average Bonchev–Trinajstić information content (AvgIpc) is 2.38. The van der Waals surface area contributed by atoms with E-state index in [1.165, 1.54) is 6.20 Å². The van der Waals surface area contributed by atoms with Gasteiger partial charge in [-0.25, -0.2) is 9.97 Å². The van der Waals surface area contributed by atoms with Gasteiger partial charge < -0.3 is 0 Å². The summed E-state index contributed by atoms with van der Waals surface area (Å²) in [5.74, 6) is 1.01. The molecule has 0 amide bonds. The zero-order valence-corrected chi connectivity index (χ0v) is 11.6. The van der Waals surface area contributed by atoms with E-state index < -0.39 is 0 Å². The Morgan fingerprint density at radius 3 is 2.67 bits per heavy atom. The predicted octanol–water partition coefficient (Wildman–Crippen LogP) is 3.30. The van der Waals surface area contributed by atoms with Crippen molar-refractivity contribution in [2.24, 2.45) is 0 Å². The van der Waals surface area contributed by atoms with Crippen LogP contribution >= 0.6 is 15.9 Å². The number of pyridine rings is 1. The summed E-state index contributed by atoms with van der Waals surface area (Å²) >= 11 is 3.38. The highest BCUT2D eigenvalue weighted by atomic mass is 79.9. The van der Waals surface area contributed by atoms with Gasteiger partial charge in [0.05, 0.1) is 11.3 Å². The van der Waals surface area contributed by atoms with Crippen molar-refractivity contribution in [3.63, 3.8) is 0 Å². The van der Waals surface area contributed by atoms with Crippen molar-refractivity contribution in [1.29, 1.82) is 5.26 Å². The molecule has 0 aliphatic heterocycles. The highest BCUT2D eigenvalue weighted by Gasteiger charge is 2.09. The van der Waals surface area contributed by atoms with E-state index >= 15 is 0 Å². The molecule has 0 saturated carbocycles. The molecule has 2 rings (SSSR count). The van der Waals surface area contributed by atoms with E-state index in [4.69, 9.17) is 5.26 Å². The van der Waals surface area contributed by atoms with Crippen LogP contribution < -0.4 is 0 Å². The summed E-state index contributed by atoms with van der Waals surface area (Å²) < 4.78 is 0.735. The minimum atomic E-state index is 0.244. The average molecular weight is 303 g/mol. The summed E-state index contributed by atoms with van der Waals surface area (Å²) in [6.45, 7) is 4.07. The fraction of sp³-hybridized carbons (Fsp3) is 0.231. The monoisotopic (exact) mass is 302 g/mol. The Kier molecular flexibility index (Phi) is 3.68.